The molecule has 1 unspecified atom stereocenters. The molecule has 1 aromatic rings. The van der Waals surface area contributed by atoms with Crippen LogP contribution in [0.15, 0.2) is 12.1 Å². The maximum atomic E-state index is 14.0. The van der Waals surface area contributed by atoms with E-state index in [1.807, 2.05) is 26.0 Å². The lowest BCUT2D eigenvalue weighted by atomic mass is 9.91. The standard InChI is InChI=1S/C13H19F/c1-5-9(3)12-10(4)7-8-11(6-2)13(12)14/h7-9H,5-6H2,1-4H3. The minimum absolute atomic E-state index is 0.0156. The van der Waals surface area contributed by atoms with Gasteiger partial charge in [0.25, 0.3) is 0 Å². The van der Waals surface area contributed by atoms with Gasteiger partial charge in [-0.05, 0) is 42.4 Å². The first-order valence-corrected chi connectivity index (χ1v) is 5.39. The zero-order valence-corrected chi connectivity index (χ0v) is 9.52. The van der Waals surface area contributed by atoms with Gasteiger partial charge in [0, 0.05) is 0 Å². The number of aryl methyl sites for hydroxylation is 2. The highest BCUT2D eigenvalue weighted by Gasteiger charge is 2.14. The van der Waals surface area contributed by atoms with E-state index in [4.69, 9.17) is 0 Å². The summed E-state index contributed by atoms with van der Waals surface area (Å²) >= 11 is 0. The Morgan fingerprint density at radius 2 is 1.93 bits per heavy atom. The fourth-order valence-electron chi connectivity index (χ4n) is 1.82. The summed E-state index contributed by atoms with van der Waals surface area (Å²) in [4.78, 5) is 0. The second-order valence-corrected chi connectivity index (χ2v) is 3.93. The monoisotopic (exact) mass is 194 g/mol. The zero-order chi connectivity index (χ0) is 10.7. The van der Waals surface area contributed by atoms with Gasteiger partial charge in [-0.1, -0.05) is 32.9 Å². The molecule has 1 rings (SSSR count). The van der Waals surface area contributed by atoms with Crippen molar-refractivity contribution in [2.45, 2.75) is 46.5 Å². The molecular weight excluding hydrogens is 175 g/mol. The molecule has 0 saturated carbocycles. The van der Waals surface area contributed by atoms with E-state index in [1.165, 1.54) is 0 Å². The van der Waals surface area contributed by atoms with Gasteiger partial charge in [-0.2, -0.15) is 0 Å². The Hall–Kier alpha value is -0.850. The molecule has 1 heteroatoms. The van der Waals surface area contributed by atoms with Crippen LogP contribution in [0.1, 0.15) is 49.8 Å². The molecule has 0 aliphatic heterocycles. The van der Waals surface area contributed by atoms with Crippen molar-refractivity contribution < 1.29 is 4.39 Å². The summed E-state index contributed by atoms with van der Waals surface area (Å²) in [6.45, 7) is 8.17. The summed E-state index contributed by atoms with van der Waals surface area (Å²) in [5.74, 6) is 0.336. The lowest BCUT2D eigenvalue weighted by Gasteiger charge is -2.15. The van der Waals surface area contributed by atoms with E-state index in [0.29, 0.717) is 5.92 Å². The van der Waals surface area contributed by atoms with E-state index in [2.05, 4.69) is 13.8 Å². The first-order valence-electron chi connectivity index (χ1n) is 5.39. The molecule has 0 spiro atoms. The van der Waals surface area contributed by atoms with Gasteiger partial charge in [0.2, 0.25) is 0 Å². The van der Waals surface area contributed by atoms with Crippen molar-refractivity contribution in [3.8, 4) is 0 Å². The maximum Gasteiger partial charge on any atom is 0.130 e. The molecule has 0 N–H and O–H groups in total. The molecule has 0 heterocycles. The van der Waals surface area contributed by atoms with Crippen LogP contribution in [0.4, 0.5) is 4.39 Å². The normalized spacial score (nSPS) is 12.9. The van der Waals surface area contributed by atoms with Gasteiger partial charge in [0.15, 0.2) is 0 Å². The molecule has 0 radical (unpaired) electrons. The van der Waals surface area contributed by atoms with Gasteiger partial charge in [-0.25, -0.2) is 4.39 Å². The number of hydrogen-bond acceptors (Lipinski definition) is 0. The topological polar surface area (TPSA) is 0 Å². The fourth-order valence-corrected chi connectivity index (χ4v) is 1.82. The van der Waals surface area contributed by atoms with Crippen LogP contribution in [-0.4, -0.2) is 0 Å². The first kappa shape index (κ1) is 11.2. The third-order valence-corrected chi connectivity index (χ3v) is 2.96. The van der Waals surface area contributed by atoms with Crippen molar-refractivity contribution >= 4 is 0 Å². The second-order valence-electron chi connectivity index (χ2n) is 3.93. The molecule has 0 aliphatic rings. The van der Waals surface area contributed by atoms with E-state index in [-0.39, 0.29) is 5.82 Å². The summed E-state index contributed by atoms with van der Waals surface area (Å²) in [5, 5.41) is 0. The van der Waals surface area contributed by atoms with Crippen LogP contribution in [0.5, 0.6) is 0 Å². The van der Waals surface area contributed by atoms with Crippen LogP contribution in [0.2, 0.25) is 0 Å². The molecule has 1 atom stereocenters. The molecule has 1 aromatic carbocycles. The number of benzene rings is 1. The summed E-state index contributed by atoms with van der Waals surface area (Å²) in [5.41, 5.74) is 2.83. The quantitative estimate of drug-likeness (QED) is 0.676. The van der Waals surface area contributed by atoms with Crippen LogP contribution in [0.3, 0.4) is 0 Å². The molecule has 0 fully saturated rings. The van der Waals surface area contributed by atoms with Gasteiger partial charge in [0.05, 0.1) is 0 Å². The molecule has 78 valence electrons. The first-order chi connectivity index (χ1) is 6.61. The summed E-state index contributed by atoms with van der Waals surface area (Å²) in [6, 6.07) is 3.93. The van der Waals surface area contributed by atoms with Gasteiger partial charge >= 0.3 is 0 Å². The van der Waals surface area contributed by atoms with Crippen LogP contribution < -0.4 is 0 Å². The molecule has 14 heavy (non-hydrogen) atoms. The van der Waals surface area contributed by atoms with Crippen LogP contribution in [0.25, 0.3) is 0 Å². The number of rotatable bonds is 3. The molecule has 0 nitrogen and oxygen atoms in total. The van der Waals surface area contributed by atoms with Crippen LogP contribution in [-0.2, 0) is 6.42 Å². The lowest BCUT2D eigenvalue weighted by Crippen LogP contribution is -2.02. The molecule has 0 bridgehead atoms. The van der Waals surface area contributed by atoms with Gasteiger partial charge in [-0.3, -0.25) is 0 Å². The van der Waals surface area contributed by atoms with Crippen molar-refractivity contribution in [2.24, 2.45) is 0 Å². The lowest BCUT2D eigenvalue weighted by molar-refractivity contribution is 0.568. The van der Waals surface area contributed by atoms with E-state index in [0.717, 1.165) is 29.5 Å². The van der Waals surface area contributed by atoms with Crippen LogP contribution >= 0.6 is 0 Å². The number of hydrogen-bond donors (Lipinski definition) is 0. The fraction of sp³-hybridized carbons (Fsp3) is 0.538. The Balaban J connectivity index is 3.25. The highest BCUT2D eigenvalue weighted by molar-refractivity contribution is 5.35. The molecule has 0 saturated heterocycles. The second kappa shape index (κ2) is 4.59. The van der Waals surface area contributed by atoms with E-state index in [1.54, 1.807) is 0 Å². The molecule has 0 aromatic heterocycles. The molecular formula is C13H19F. The number of halogens is 1. The average molecular weight is 194 g/mol. The van der Waals surface area contributed by atoms with E-state index < -0.39 is 0 Å². The van der Waals surface area contributed by atoms with Crippen molar-refractivity contribution in [2.75, 3.05) is 0 Å². The molecule has 0 amide bonds. The maximum absolute atomic E-state index is 14.0. The summed E-state index contributed by atoms with van der Waals surface area (Å²) in [6.07, 6.45) is 1.76. The Bertz CT molecular complexity index is 315. The van der Waals surface area contributed by atoms with E-state index in [9.17, 15) is 4.39 Å². The Labute approximate surface area is 86.2 Å². The summed E-state index contributed by atoms with van der Waals surface area (Å²) < 4.78 is 14.0. The predicted octanol–water partition coefficient (Wildman–Crippen LogP) is 4.21. The summed E-state index contributed by atoms with van der Waals surface area (Å²) in [7, 11) is 0. The Morgan fingerprint density at radius 3 is 2.43 bits per heavy atom. The third-order valence-electron chi connectivity index (χ3n) is 2.96. The SMILES string of the molecule is CCc1ccc(C)c(C(C)CC)c1F. The molecule has 0 aliphatic carbocycles. The highest BCUT2D eigenvalue weighted by atomic mass is 19.1. The largest absolute Gasteiger partial charge is 0.206 e. The van der Waals surface area contributed by atoms with Gasteiger partial charge in [-0.15, -0.1) is 0 Å². The van der Waals surface area contributed by atoms with Crippen molar-refractivity contribution in [1.29, 1.82) is 0 Å². The van der Waals surface area contributed by atoms with Gasteiger partial charge < -0.3 is 0 Å². The predicted molar refractivity (Wildman–Crippen MR) is 59.2 cm³/mol. The Kier molecular flexibility index (Phi) is 3.68. The van der Waals surface area contributed by atoms with Gasteiger partial charge in [0.1, 0.15) is 5.82 Å². The third kappa shape index (κ3) is 1.97. The zero-order valence-electron chi connectivity index (χ0n) is 9.52. The minimum Gasteiger partial charge on any atom is -0.206 e. The van der Waals surface area contributed by atoms with Crippen LogP contribution in [0, 0.1) is 12.7 Å². The van der Waals surface area contributed by atoms with E-state index >= 15 is 0 Å². The smallest absolute Gasteiger partial charge is 0.130 e. The average Bonchev–Trinajstić information content (AvgIpc) is 2.18. The Morgan fingerprint density at radius 1 is 1.29 bits per heavy atom. The minimum atomic E-state index is 0.0156. The highest BCUT2D eigenvalue weighted by Crippen LogP contribution is 2.27. The van der Waals surface area contributed by atoms with Crippen molar-refractivity contribution in [3.63, 3.8) is 0 Å². The van der Waals surface area contributed by atoms with Crippen molar-refractivity contribution in [3.05, 3.63) is 34.6 Å². The van der Waals surface area contributed by atoms with Crippen molar-refractivity contribution in [1.82, 2.24) is 0 Å².